The molecular weight excluding hydrogens is 697 g/mol. The molecule has 6 heteroatoms. The highest BCUT2D eigenvalue weighted by molar-refractivity contribution is 5.71. The quantitative estimate of drug-likeness (QED) is 0.0265. The summed E-state index contributed by atoms with van der Waals surface area (Å²) in [6.45, 7) is 6.47. The highest BCUT2D eigenvalue weighted by atomic mass is 16.6. The summed E-state index contributed by atoms with van der Waals surface area (Å²) in [5, 5.41) is 0. The van der Waals surface area contributed by atoms with E-state index in [0.29, 0.717) is 19.3 Å². The van der Waals surface area contributed by atoms with Gasteiger partial charge in [0.15, 0.2) is 6.10 Å². The van der Waals surface area contributed by atoms with Crippen molar-refractivity contribution in [3.05, 3.63) is 36.5 Å². The molecule has 0 aromatic rings. The van der Waals surface area contributed by atoms with Gasteiger partial charge in [0.25, 0.3) is 0 Å². The Morgan fingerprint density at radius 2 is 0.696 bits per heavy atom. The Kier molecular flexibility index (Phi) is 43.4. The third-order valence-electron chi connectivity index (χ3n) is 10.4. The van der Waals surface area contributed by atoms with Gasteiger partial charge >= 0.3 is 17.9 Å². The summed E-state index contributed by atoms with van der Waals surface area (Å²) in [4.78, 5) is 37.6. The minimum Gasteiger partial charge on any atom is -0.462 e. The van der Waals surface area contributed by atoms with Gasteiger partial charge < -0.3 is 14.2 Å². The van der Waals surface area contributed by atoms with Gasteiger partial charge in [0.2, 0.25) is 0 Å². The second kappa shape index (κ2) is 45.3. The second-order valence-electron chi connectivity index (χ2n) is 16.0. The molecule has 0 N–H and O–H groups in total. The van der Waals surface area contributed by atoms with Crippen LogP contribution in [0, 0.1) is 0 Å². The summed E-state index contributed by atoms with van der Waals surface area (Å²) in [5.74, 6) is -0.886. The molecule has 0 amide bonds. The fourth-order valence-electron chi connectivity index (χ4n) is 6.81. The fourth-order valence-corrected chi connectivity index (χ4v) is 6.81. The lowest BCUT2D eigenvalue weighted by molar-refractivity contribution is -0.167. The number of carbonyl (C=O) groups excluding carboxylic acids is 3. The van der Waals surface area contributed by atoms with Crippen LogP contribution in [0.4, 0.5) is 0 Å². The Hall–Kier alpha value is -2.37. The molecule has 1 atom stereocenters. The van der Waals surface area contributed by atoms with Crippen LogP contribution in [0.2, 0.25) is 0 Å². The largest absolute Gasteiger partial charge is 0.462 e. The lowest BCUT2D eigenvalue weighted by Gasteiger charge is -2.18. The molecule has 56 heavy (non-hydrogen) atoms. The van der Waals surface area contributed by atoms with Gasteiger partial charge in [0, 0.05) is 19.3 Å². The lowest BCUT2D eigenvalue weighted by atomic mass is 10.0. The maximum atomic E-state index is 12.7. The molecule has 326 valence electrons. The molecule has 0 rings (SSSR count). The number of carbonyl (C=O) groups is 3. The molecule has 0 aliphatic rings. The summed E-state index contributed by atoms with van der Waals surface area (Å²) < 4.78 is 16.7. The standard InChI is InChI=1S/C50H90O6/c1-4-7-10-13-16-18-20-22-24-25-27-28-30-32-34-37-40-43-49(52)55-46-47(45-54-48(51)42-39-36-15-12-9-6-3)56-50(53)44-41-38-35-33-31-29-26-23-21-19-17-14-11-8-5-2/h7,10,16,18,22,24,47H,4-6,8-9,11-15,17,19-21,23,25-46H2,1-3H3/b10-7-,18-16-,24-22-. The first-order valence-electron chi connectivity index (χ1n) is 24.0. The van der Waals surface area contributed by atoms with Crippen molar-refractivity contribution in [1.29, 1.82) is 0 Å². The molecule has 0 saturated carbocycles. The Labute approximate surface area is 346 Å². The van der Waals surface area contributed by atoms with Gasteiger partial charge in [-0.1, -0.05) is 211 Å². The number of allylic oxidation sites excluding steroid dienone is 6. The van der Waals surface area contributed by atoms with Crippen LogP contribution in [-0.2, 0) is 28.6 Å². The van der Waals surface area contributed by atoms with Crippen molar-refractivity contribution >= 4 is 17.9 Å². The van der Waals surface area contributed by atoms with Crippen molar-refractivity contribution < 1.29 is 28.6 Å². The minimum absolute atomic E-state index is 0.0731. The molecule has 0 bridgehead atoms. The summed E-state index contributed by atoms with van der Waals surface area (Å²) in [6, 6.07) is 0. The van der Waals surface area contributed by atoms with E-state index in [1.807, 2.05) is 0 Å². The Balaban J connectivity index is 4.23. The molecule has 0 aliphatic heterocycles. The first-order valence-corrected chi connectivity index (χ1v) is 24.0. The van der Waals surface area contributed by atoms with Crippen molar-refractivity contribution in [2.24, 2.45) is 0 Å². The molecule has 0 heterocycles. The van der Waals surface area contributed by atoms with Crippen LogP contribution in [0.25, 0.3) is 0 Å². The highest BCUT2D eigenvalue weighted by Gasteiger charge is 2.19. The molecule has 0 fully saturated rings. The lowest BCUT2D eigenvalue weighted by Crippen LogP contribution is -2.30. The van der Waals surface area contributed by atoms with E-state index in [1.54, 1.807) is 0 Å². The molecule has 6 nitrogen and oxygen atoms in total. The molecule has 1 unspecified atom stereocenters. The van der Waals surface area contributed by atoms with Crippen LogP contribution in [-0.4, -0.2) is 37.2 Å². The smallest absolute Gasteiger partial charge is 0.306 e. The Morgan fingerprint density at radius 1 is 0.375 bits per heavy atom. The van der Waals surface area contributed by atoms with Crippen LogP contribution in [0.5, 0.6) is 0 Å². The minimum atomic E-state index is -0.768. The van der Waals surface area contributed by atoms with Gasteiger partial charge in [-0.25, -0.2) is 0 Å². The van der Waals surface area contributed by atoms with E-state index >= 15 is 0 Å². The second-order valence-corrected chi connectivity index (χ2v) is 16.0. The molecular formula is C50H90O6. The molecule has 0 aromatic carbocycles. The van der Waals surface area contributed by atoms with Crippen molar-refractivity contribution in [3.63, 3.8) is 0 Å². The van der Waals surface area contributed by atoms with E-state index in [-0.39, 0.29) is 31.1 Å². The fraction of sp³-hybridized carbons (Fsp3) is 0.820. The third kappa shape index (κ3) is 42.8. The zero-order valence-corrected chi connectivity index (χ0v) is 37.2. The number of ether oxygens (including phenoxy) is 3. The average Bonchev–Trinajstić information content (AvgIpc) is 3.19. The molecule has 0 aliphatic carbocycles. The van der Waals surface area contributed by atoms with E-state index in [0.717, 1.165) is 83.5 Å². The van der Waals surface area contributed by atoms with Gasteiger partial charge in [-0.3, -0.25) is 14.4 Å². The van der Waals surface area contributed by atoms with E-state index in [2.05, 4.69) is 57.2 Å². The van der Waals surface area contributed by atoms with Crippen LogP contribution in [0.15, 0.2) is 36.5 Å². The maximum absolute atomic E-state index is 12.7. The van der Waals surface area contributed by atoms with Crippen molar-refractivity contribution in [1.82, 2.24) is 0 Å². The molecule has 0 radical (unpaired) electrons. The predicted octanol–water partition coefficient (Wildman–Crippen LogP) is 15.4. The molecule has 0 spiro atoms. The normalized spacial score (nSPS) is 12.3. The summed E-state index contributed by atoms with van der Waals surface area (Å²) in [7, 11) is 0. The monoisotopic (exact) mass is 787 g/mol. The summed E-state index contributed by atoms with van der Waals surface area (Å²) in [5.41, 5.74) is 0. The number of rotatable bonds is 43. The van der Waals surface area contributed by atoms with Crippen LogP contribution in [0.3, 0.4) is 0 Å². The van der Waals surface area contributed by atoms with E-state index in [4.69, 9.17) is 14.2 Å². The van der Waals surface area contributed by atoms with Crippen molar-refractivity contribution in [3.8, 4) is 0 Å². The van der Waals surface area contributed by atoms with Gasteiger partial charge in [-0.2, -0.15) is 0 Å². The van der Waals surface area contributed by atoms with Crippen LogP contribution < -0.4 is 0 Å². The van der Waals surface area contributed by atoms with Gasteiger partial charge in [0.05, 0.1) is 0 Å². The predicted molar refractivity (Wildman–Crippen MR) is 238 cm³/mol. The maximum Gasteiger partial charge on any atom is 0.306 e. The van der Waals surface area contributed by atoms with E-state index < -0.39 is 6.10 Å². The molecule has 0 aromatic heterocycles. The average molecular weight is 787 g/mol. The van der Waals surface area contributed by atoms with Crippen molar-refractivity contribution in [2.45, 2.75) is 252 Å². The van der Waals surface area contributed by atoms with Gasteiger partial charge in [0.1, 0.15) is 13.2 Å². The number of esters is 3. The van der Waals surface area contributed by atoms with Crippen molar-refractivity contribution in [2.75, 3.05) is 13.2 Å². The highest BCUT2D eigenvalue weighted by Crippen LogP contribution is 2.15. The van der Waals surface area contributed by atoms with Crippen LogP contribution >= 0.6 is 0 Å². The number of hydrogen-bond acceptors (Lipinski definition) is 6. The zero-order chi connectivity index (χ0) is 40.8. The zero-order valence-electron chi connectivity index (χ0n) is 37.2. The van der Waals surface area contributed by atoms with E-state index in [9.17, 15) is 14.4 Å². The Bertz CT molecular complexity index is 953. The summed E-state index contributed by atoms with van der Waals surface area (Å²) >= 11 is 0. The SMILES string of the molecule is CC/C=C\C/C=C\C/C=C\CCCCCCCCCC(=O)OCC(COC(=O)CCCCCCCC)OC(=O)CCCCCCCCCCCCCCCCC. The third-order valence-corrected chi connectivity index (χ3v) is 10.4. The van der Waals surface area contributed by atoms with Gasteiger partial charge in [-0.15, -0.1) is 0 Å². The first kappa shape index (κ1) is 53.6. The summed E-state index contributed by atoms with van der Waals surface area (Å²) in [6.07, 6.45) is 51.5. The van der Waals surface area contributed by atoms with Gasteiger partial charge in [-0.05, 0) is 51.4 Å². The molecule has 0 saturated heterocycles. The first-order chi connectivity index (χ1) is 27.5. The topological polar surface area (TPSA) is 78.9 Å². The van der Waals surface area contributed by atoms with E-state index in [1.165, 1.54) is 122 Å². The number of hydrogen-bond donors (Lipinski definition) is 0. The Morgan fingerprint density at radius 3 is 1.09 bits per heavy atom. The number of unbranched alkanes of at least 4 members (excludes halogenated alkanes) is 26. The van der Waals surface area contributed by atoms with Crippen LogP contribution in [0.1, 0.15) is 245 Å².